The van der Waals surface area contributed by atoms with E-state index in [0.717, 1.165) is 42.2 Å². The molecule has 8 rings (SSSR count). The molecule has 0 bridgehead atoms. The Bertz CT molecular complexity index is 3250. The zero-order valence-corrected chi connectivity index (χ0v) is 48.0. The van der Waals surface area contributed by atoms with Crippen molar-refractivity contribution in [2.24, 2.45) is 11.8 Å². The van der Waals surface area contributed by atoms with Crippen LogP contribution in [0.15, 0.2) is 110 Å². The molecule has 440 valence electrons. The van der Waals surface area contributed by atoms with Crippen molar-refractivity contribution in [3.8, 4) is 23.0 Å². The van der Waals surface area contributed by atoms with Gasteiger partial charge in [0.1, 0.15) is 32.3 Å². The van der Waals surface area contributed by atoms with Crippen molar-refractivity contribution in [1.82, 2.24) is 9.80 Å². The van der Waals surface area contributed by atoms with Crippen LogP contribution in [0.5, 0.6) is 23.0 Å². The molecular formula is C55H58Cl4F4N6O12S+2. The first-order chi connectivity index (χ1) is 38.9. The smallest absolute Gasteiger partial charge is 0.410 e. The first-order valence-electron chi connectivity index (χ1n) is 25.2. The fraction of sp³-hybridized carbons (Fsp3) is 0.345. The third-order valence-corrected chi connectivity index (χ3v) is 14.5. The Morgan fingerprint density at radius 2 is 0.988 bits per heavy atom. The number of sulfonamides is 1. The molecule has 2 fully saturated rings. The molecule has 2 amide bonds. The molecule has 0 aliphatic heterocycles. The number of nitrogens with two attached hydrogens (primary N) is 1. The van der Waals surface area contributed by atoms with Crippen LogP contribution >= 0.6 is 46.4 Å². The topological polar surface area (TPSA) is 216 Å². The lowest BCUT2D eigenvalue weighted by Crippen LogP contribution is -2.30. The summed E-state index contributed by atoms with van der Waals surface area (Å²) in [5.41, 5.74) is 9.88. The largest absolute Gasteiger partial charge is 0.489 e. The Morgan fingerprint density at radius 1 is 0.622 bits per heavy atom. The average molecular weight is 1240 g/mol. The van der Waals surface area contributed by atoms with Gasteiger partial charge in [0.2, 0.25) is 34.8 Å². The summed E-state index contributed by atoms with van der Waals surface area (Å²) in [5, 5.41) is 20.0. The van der Waals surface area contributed by atoms with Crippen LogP contribution in [0.2, 0.25) is 20.1 Å². The second-order valence-corrected chi connectivity index (χ2v) is 22.9. The average Bonchev–Trinajstić information content (AvgIpc) is 4.49. The minimum Gasteiger partial charge on any atom is -0.489 e. The molecule has 18 nitrogen and oxygen atoms in total. The van der Waals surface area contributed by atoms with Gasteiger partial charge >= 0.3 is 25.4 Å². The highest BCUT2D eigenvalue weighted by atomic mass is 35.5. The van der Waals surface area contributed by atoms with Crippen LogP contribution < -0.4 is 38.9 Å². The van der Waals surface area contributed by atoms with Gasteiger partial charge in [-0.05, 0) is 108 Å². The van der Waals surface area contributed by atoms with Crippen molar-refractivity contribution in [2.45, 2.75) is 77.0 Å². The molecule has 2 saturated carbocycles. The summed E-state index contributed by atoms with van der Waals surface area (Å²) < 4.78 is 112. The molecule has 27 heteroatoms. The molecule has 2 aromatic heterocycles. The van der Waals surface area contributed by atoms with Crippen LogP contribution in [0.1, 0.15) is 71.3 Å². The van der Waals surface area contributed by atoms with E-state index in [4.69, 9.17) is 71.1 Å². The van der Waals surface area contributed by atoms with Gasteiger partial charge in [-0.1, -0.05) is 82.8 Å². The first kappa shape index (κ1) is 62.5. The zero-order valence-electron chi connectivity index (χ0n) is 44.2. The van der Waals surface area contributed by atoms with Crippen LogP contribution in [0.4, 0.5) is 38.5 Å². The fourth-order valence-electron chi connectivity index (χ4n) is 7.96. The number of hydrogen-bond acceptors (Lipinski definition) is 13. The summed E-state index contributed by atoms with van der Waals surface area (Å²) in [7, 11) is -0.343. The maximum Gasteiger partial charge on any atom is 0.410 e. The van der Waals surface area contributed by atoms with E-state index in [2.05, 4.69) is 14.2 Å². The van der Waals surface area contributed by atoms with Gasteiger partial charge in [-0.3, -0.25) is 15.1 Å². The van der Waals surface area contributed by atoms with Gasteiger partial charge in [0.25, 0.3) is 0 Å². The van der Waals surface area contributed by atoms with Crippen LogP contribution in [0, 0.1) is 11.8 Å². The van der Waals surface area contributed by atoms with E-state index in [1.807, 2.05) is 0 Å². The number of carbonyl (C=O) groups is 2. The van der Waals surface area contributed by atoms with Gasteiger partial charge in [-0.15, -0.1) is 0 Å². The predicted octanol–water partition coefficient (Wildman–Crippen LogP) is 11.9. The van der Waals surface area contributed by atoms with E-state index in [1.54, 1.807) is 55.6 Å². The summed E-state index contributed by atoms with van der Waals surface area (Å²) in [5.74, 6) is 0.573. The predicted molar refractivity (Wildman–Crippen MR) is 295 cm³/mol. The van der Waals surface area contributed by atoms with Crippen molar-refractivity contribution in [3.63, 3.8) is 0 Å². The summed E-state index contributed by atoms with van der Waals surface area (Å²) in [6.45, 7) is -5.06. The summed E-state index contributed by atoms with van der Waals surface area (Å²) in [6, 6.07) is 22.2. The molecule has 0 spiro atoms. The Morgan fingerprint density at radius 3 is 1.33 bits per heavy atom. The number of rotatable bonds is 24. The Kier molecular flexibility index (Phi) is 21.6. The molecule has 5 N–H and O–H groups in total. The molecule has 4 aromatic carbocycles. The highest BCUT2D eigenvalue weighted by Gasteiger charge is 2.30. The number of nitrogens with one attached hydrogen (secondary N) is 1. The first-order valence-corrected chi connectivity index (χ1v) is 28.6. The number of alkyl halides is 4. The van der Waals surface area contributed by atoms with E-state index in [-0.39, 0.29) is 69.0 Å². The van der Waals surface area contributed by atoms with Gasteiger partial charge in [0, 0.05) is 72.0 Å². The molecule has 2 atom stereocenters. The van der Waals surface area contributed by atoms with Crippen LogP contribution in [-0.2, 0) is 45.4 Å². The highest BCUT2D eigenvalue weighted by molar-refractivity contribution is 7.92. The van der Waals surface area contributed by atoms with Crippen molar-refractivity contribution < 1.29 is 83.9 Å². The lowest BCUT2D eigenvalue weighted by molar-refractivity contribution is -0.904. The van der Waals surface area contributed by atoms with E-state index in [9.17, 15) is 46.0 Å². The highest BCUT2D eigenvalue weighted by Crippen LogP contribution is 2.40. The minimum atomic E-state index is -3.44. The van der Waals surface area contributed by atoms with Gasteiger partial charge in [0.05, 0.1) is 19.5 Å². The number of hydrogen-bond donors (Lipinski definition) is 4. The van der Waals surface area contributed by atoms with Crippen molar-refractivity contribution in [3.05, 3.63) is 163 Å². The Labute approximate surface area is 490 Å². The number of carbonyl (C=O) groups excluding carboxylic acids is 2. The second-order valence-electron chi connectivity index (χ2n) is 19.5. The van der Waals surface area contributed by atoms with Crippen molar-refractivity contribution >= 4 is 80.0 Å². The lowest BCUT2D eigenvalue weighted by atomic mass is 10.0. The Hall–Kier alpha value is -7.05. The molecule has 0 saturated heterocycles. The number of nitrogen functional groups attached to an aromatic ring is 1. The maximum absolute atomic E-state index is 13.3. The third-order valence-electron chi connectivity index (χ3n) is 12.6. The number of nitrogens with zero attached hydrogens (tertiary/aromatic N) is 4. The number of aromatic nitrogens is 2. The SMILES string of the molecule is CN(Cc1ccc(N)cc1)C(=O)O[C@@H](Cc1c(Cl)c[n+](O)cc1Cl)c1ccc(OC(F)F)c(OCC2CC2)c1.CN(Cc1ccc(NS(C)(=O)=O)cc1)C(=O)O[C@@H](Cc1c(Cl)c[n+](O)cc1Cl)c1ccc(OC(F)F)c(OCC2CC2)c1. The molecule has 2 heterocycles. The van der Waals surface area contributed by atoms with Crippen LogP contribution in [-0.4, -0.2) is 87.6 Å². The molecule has 6 aromatic rings. The standard InChI is InChI=1S/C28H30Cl2F2N3O7S.C27H28Cl2F2N3O5/c1-34(13-17-5-8-20(9-6-17)33-43(2,38)39)28(36)42-25(12-21-22(29)14-35(37)15-23(21)30)19-7-10-24(41-27(31)32)26(11-19)40-16-18-3-4-18;1-33(12-16-4-7-19(32)8-5-16)27(35)39-24(11-20-21(28)13-34(36)14-22(20)29)18-6-9-23(38-26(30)31)25(10-18)37-15-17-2-3-17/h5-11,14-15,18,25,27,33,37H,3-4,12-13,16H2,1-2H3;4-10,13-14,17,24,26,36H,2-3,11-12,15,32H2,1H3/q2*+1/t25-;24-/m00/s1. The number of anilines is 2. The van der Waals surface area contributed by atoms with E-state index in [0.29, 0.717) is 69.0 Å². The summed E-state index contributed by atoms with van der Waals surface area (Å²) in [6.07, 6.45) is 6.61. The van der Waals surface area contributed by atoms with Gasteiger partial charge in [0.15, 0.2) is 23.0 Å². The molecule has 0 unspecified atom stereocenters. The number of pyridine rings is 2. The number of ether oxygens (including phenoxy) is 6. The Balaban J connectivity index is 0.000000237. The van der Waals surface area contributed by atoms with Gasteiger partial charge in [-0.25, -0.2) is 18.0 Å². The number of halogens is 8. The van der Waals surface area contributed by atoms with Gasteiger partial charge < -0.3 is 44.0 Å². The molecule has 0 radical (unpaired) electrons. The second kappa shape index (κ2) is 28.3. The normalized spacial score (nSPS) is 13.8. The van der Waals surface area contributed by atoms with Crippen LogP contribution in [0.3, 0.4) is 0 Å². The number of amides is 2. The maximum atomic E-state index is 13.3. The van der Waals surface area contributed by atoms with Gasteiger partial charge in [-0.2, -0.15) is 17.6 Å². The molecule has 2 aliphatic rings. The fourth-order valence-corrected chi connectivity index (χ4v) is 9.73. The monoisotopic (exact) mass is 1240 g/mol. The van der Waals surface area contributed by atoms with E-state index in [1.165, 1.54) is 78.0 Å². The van der Waals surface area contributed by atoms with Crippen molar-refractivity contribution in [1.29, 1.82) is 0 Å². The van der Waals surface area contributed by atoms with E-state index >= 15 is 0 Å². The minimum absolute atomic E-state index is 0.0249. The summed E-state index contributed by atoms with van der Waals surface area (Å²) >= 11 is 25.4. The third kappa shape index (κ3) is 19.3. The lowest BCUT2D eigenvalue weighted by Gasteiger charge is -2.24. The van der Waals surface area contributed by atoms with E-state index < -0.39 is 47.6 Å². The summed E-state index contributed by atoms with van der Waals surface area (Å²) in [4.78, 5) is 29.1. The zero-order chi connectivity index (χ0) is 59.4. The molecular weight excluding hydrogens is 1190 g/mol. The molecule has 82 heavy (non-hydrogen) atoms. The number of benzene rings is 4. The van der Waals surface area contributed by atoms with Crippen LogP contribution in [0.25, 0.3) is 0 Å². The van der Waals surface area contributed by atoms with Crippen molar-refractivity contribution in [2.75, 3.05) is 44.0 Å². The quantitative estimate of drug-likeness (QED) is 0.0192. The molecule has 2 aliphatic carbocycles.